The summed E-state index contributed by atoms with van der Waals surface area (Å²) in [6, 6.07) is 1.07. The van der Waals surface area contributed by atoms with Crippen LogP contribution in [0.5, 0.6) is 0 Å². The predicted molar refractivity (Wildman–Crippen MR) is 70.6 cm³/mol. The first-order chi connectivity index (χ1) is 9.88. The lowest BCUT2D eigenvalue weighted by Gasteiger charge is -2.23. The zero-order valence-electron chi connectivity index (χ0n) is 12.1. The molecule has 1 rings (SSSR count). The monoisotopic (exact) mass is 301 g/mol. The third kappa shape index (κ3) is 4.45. The number of methoxy groups -OCH3 is 1. The van der Waals surface area contributed by atoms with E-state index in [0.29, 0.717) is 0 Å². The van der Waals surface area contributed by atoms with Crippen LogP contribution < -0.4 is 0 Å². The standard InChI is InChI=1S/C13H17F2N3O3/c1-17(2)10(19)8-18(6-7-21-3)13(20)9-4-5-16-12(15)11(9)14/h4-5H,6-8H2,1-3H3. The van der Waals surface area contributed by atoms with E-state index in [1.165, 1.54) is 26.1 Å². The van der Waals surface area contributed by atoms with E-state index in [1.54, 1.807) is 0 Å². The average molecular weight is 301 g/mol. The van der Waals surface area contributed by atoms with E-state index in [1.807, 2.05) is 0 Å². The van der Waals surface area contributed by atoms with Gasteiger partial charge in [0.05, 0.1) is 12.2 Å². The summed E-state index contributed by atoms with van der Waals surface area (Å²) in [5, 5.41) is 0. The molecule has 0 bridgehead atoms. The molecule has 0 aliphatic carbocycles. The fraction of sp³-hybridized carbons (Fsp3) is 0.462. The first-order valence-electron chi connectivity index (χ1n) is 6.16. The van der Waals surface area contributed by atoms with Crippen LogP contribution in [-0.4, -0.2) is 67.5 Å². The highest BCUT2D eigenvalue weighted by atomic mass is 19.2. The third-order valence-electron chi connectivity index (χ3n) is 2.75. The number of nitrogens with zero attached hydrogens (tertiary/aromatic N) is 3. The molecule has 0 aliphatic heterocycles. The molecule has 0 radical (unpaired) electrons. The highest BCUT2D eigenvalue weighted by Crippen LogP contribution is 2.12. The van der Waals surface area contributed by atoms with Gasteiger partial charge in [-0.2, -0.15) is 4.39 Å². The molecule has 8 heteroatoms. The summed E-state index contributed by atoms with van der Waals surface area (Å²) in [5.74, 6) is -3.82. The van der Waals surface area contributed by atoms with Gasteiger partial charge in [0.1, 0.15) is 6.54 Å². The first kappa shape index (κ1) is 17.0. The fourth-order valence-electron chi connectivity index (χ4n) is 1.51. The summed E-state index contributed by atoms with van der Waals surface area (Å²) in [6.45, 7) is -0.00148. The Bertz CT molecular complexity index is 523. The van der Waals surface area contributed by atoms with Gasteiger partial charge in [-0.1, -0.05) is 0 Å². The number of aromatic nitrogens is 1. The molecule has 1 aromatic heterocycles. The number of amides is 2. The van der Waals surface area contributed by atoms with Crippen LogP contribution >= 0.6 is 0 Å². The Morgan fingerprint density at radius 3 is 2.57 bits per heavy atom. The molecule has 0 aromatic carbocycles. The molecule has 1 aromatic rings. The molecule has 0 saturated heterocycles. The molecule has 0 atom stereocenters. The van der Waals surface area contributed by atoms with Gasteiger partial charge in [-0.3, -0.25) is 9.59 Å². The molecule has 0 aliphatic rings. The molecule has 0 saturated carbocycles. The van der Waals surface area contributed by atoms with Crippen molar-refractivity contribution < 1.29 is 23.1 Å². The summed E-state index contributed by atoms with van der Waals surface area (Å²) in [5.41, 5.74) is -0.467. The van der Waals surface area contributed by atoms with E-state index in [-0.39, 0.29) is 25.6 Å². The van der Waals surface area contributed by atoms with E-state index >= 15 is 0 Å². The highest BCUT2D eigenvalue weighted by molar-refractivity contribution is 5.96. The maximum atomic E-state index is 13.6. The third-order valence-corrected chi connectivity index (χ3v) is 2.75. The maximum Gasteiger partial charge on any atom is 0.257 e. The largest absolute Gasteiger partial charge is 0.383 e. The first-order valence-corrected chi connectivity index (χ1v) is 6.16. The summed E-state index contributed by atoms with van der Waals surface area (Å²) >= 11 is 0. The SMILES string of the molecule is COCCN(CC(=O)N(C)C)C(=O)c1ccnc(F)c1F. The minimum Gasteiger partial charge on any atom is -0.383 e. The second-order valence-electron chi connectivity index (χ2n) is 4.47. The zero-order valence-corrected chi connectivity index (χ0v) is 12.1. The number of rotatable bonds is 6. The van der Waals surface area contributed by atoms with Gasteiger partial charge in [0.25, 0.3) is 5.91 Å². The van der Waals surface area contributed by atoms with Gasteiger partial charge in [0.15, 0.2) is 5.82 Å². The van der Waals surface area contributed by atoms with Crippen LogP contribution in [0.3, 0.4) is 0 Å². The second kappa shape index (κ2) is 7.63. The van der Waals surface area contributed by atoms with Crippen LogP contribution in [0.2, 0.25) is 0 Å². The van der Waals surface area contributed by atoms with Crippen molar-refractivity contribution in [3.05, 3.63) is 29.6 Å². The molecule has 21 heavy (non-hydrogen) atoms. The van der Waals surface area contributed by atoms with Gasteiger partial charge in [-0.05, 0) is 6.07 Å². The number of ether oxygens (including phenoxy) is 1. The second-order valence-corrected chi connectivity index (χ2v) is 4.47. The summed E-state index contributed by atoms with van der Waals surface area (Å²) < 4.78 is 31.6. The highest BCUT2D eigenvalue weighted by Gasteiger charge is 2.24. The van der Waals surface area contributed by atoms with Crippen molar-refractivity contribution in [3.8, 4) is 0 Å². The predicted octanol–water partition coefficient (Wildman–Crippen LogP) is 0.537. The number of carbonyl (C=O) groups excluding carboxylic acids is 2. The van der Waals surface area contributed by atoms with Crippen molar-refractivity contribution >= 4 is 11.8 Å². The van der Waals surface area contributed by atoms with E-state index in [0.717, 1.165) is 17.2 Å². The van der Waals surface area contributed by atoms with E-state index < -0.39 is 23.2 Å². The quantitative estimate of drug-likeness (QED) is 0.719. The fourth-order valence-corrected chi connectivity index (χ4v) is 1.51. The number of hydrogen-bond donors (Lipinski definition) is 0. The summed E-state index contributed by atoms with van der Waals surface area (Å²) in [6.07, 6.45) is 0.994. The van der Waals surface area contributed by atoms with E-state index in [9.17, 15) is 18.4 Å². The molecule has 0 fully saturated rings. The van der Waals surface area contributed by atoms with E-state index in [2.05, 4.69) is 4.98 Å². The van der Waals surface area contributed by atoms with Gasteiger partial charge in [-0.25, -0.2) is 9.37 Å². The summed E-state index contributed by atoms with van der Waals surface area (Å²) in [7, 11) is 4.51. The van der Waals surface area contributed by atoms with E-state index in [4.69, 9.17) is 4.74 Å². The number of carbonyl (C=O) groups is 2. The minimum absolute atomic E-state index is 0.0816. The molecular formula is C13H17F2N3O3. The van der Waals surface area contributed by atoms with Crippen LogP contribution in [0.4, 0.5) is 8.78 Å². The van der Waals surface area contributed by atoms with Gasteiger partial charge in [-0.15, -0.1) is 0 Å². The minimum atomic E-state index is -1.36. The molecule has 6 nitrogen and oxygen atoms in total. The Morgan fingerprint density at radius 1 is 1.33 bits per heavy atom. The van der Waals surface area contributed by atoms with Gasteiger partial charge in [0.2, 0.25) is 11.9 Å². The molecule has 2 amide bonds. The van der Waals surface area contributed by atoms with Crippen molar-refractivity contribution in [2.24, 2.45) is 0 Å². The molecule has 116 valence electrons. The summed E-state index contributed by atoms with van der Waals surface area (Å²) in [4.78, 5) is 29.5. The van der Waals surface area contributed by atoms with Crippen LogP contribution in [-0.2, 0) is 9.53 Å². The van der Waals surface area contributed by atoms with Gasteiger partial charge < -0.3 is 14.5 Å². The Kier molecular flexibility index (Phi) is 6.16. The van der Waals surface area contributed by atoms with Crippen molar-refractivity contribution in [1.82, 2.24) is 14.8 Å². The number of hydrogen-bond acceptors (Lipinski definition) is 4. The van der Waals surface area contributed by atoms with Crippen molar-refractivity contribution in [2.75, 3.05) is 40.9 Å². The molecule has 0 spiro atoms. The van der Waals surface area contributed by atoms with Gasteiger partial charge in [0, 0.05) is 33.9 Å². The Hall–Kier alpha value is -2.09. The van der Waals surface area contributed by atoms with Crippen molar-refractivity contribution in [2.45, 2.75) is 0 Å². The maximum absolute atomic E-state index is 13.6. The lowest BCUT2D eigenvalue weighted by Crippen LogP contribution is -2.42. The van der Waals surface area contributed by atoms with Gasteiger partial charge >= 0.3 is 0 Å². The van der Waals surface area contributed by atoms with Crippen LogP contribution in [0.15, 0.2) is 12.3 Å². The van der Waals surface area contributed by atoms with Crippen LogP contribution in [0.1, 0.15) is 10.4 Å². The topological polar surface area (TPSA) is 62.7 Å². The van der Waals surface area contributed by atoms with Crippen LogP contribution in [0.25, 0.3) is 0 Å². The van der Waals surface area contributed by atoms with Crippen molar-refractivity contribution in [1.29, 1.82) is 0 Å². The smallest absolute Gasteiger partial charge is 0.257 e. The normalized spacial score (nSPS) is 10.3. The molecular weight excluding hydrogens is 284 g/mol. The number of halogens is 2. The van der Waals surface area contributed by atoms with Crippen molar-refractivity contribution in [3.63, 3.8) is 0 Å². The lowest BCUT2D eigenvalue weighted by atomic mass is 10.2. The molecule has 0 N–H and O–H groups in total. The Morgan fingerprint density at radius 2 is 2.00 bits per heavy atom. The Balaban J connectivity index is 2.98. The number of likely N-dealkylation sites (N-methyl/N-ethyl adjacent to an activating group) is 1. The van der Waals surface area contributed by atoms with Crippen LogP contribution in [0, 0.1) is 11.8 Å². The molecule has 1 heterocycles. The lowest BCUT2D eigenvalue weighted by molar-refractivity contribution is -0.129. The zero-order chi connectivity index (χ0) is 16.0. The Labute approximate surface area is 121 Å². The number of pyridine rings is 1. The average Bonchev–Trinajstić information content (AvgIpc) is 2.45. The molecule has 0 unspecified atom stereocenters.